The zero-order chi connectivity index (χ0) is 19.1. The van der Waals surface area contributed by atoms with Crippen LogP contribution in [0.3, 0.4) is 0 Å². The first-order valence-electron chi connectivity index (χ1n) is 8.76. The molecule has 0 unspecified atom stereocenters. The molecule has 8 nitrogen and oxygen atoms in total. The summed E-state index contributed by atoms with van der Waals surface area (Å²) in [6, 6.07) is 11.4. The Bertz CT molecular complexity index is 1310. The van der Waals surface area contributed by atoms with Gasteiger partial charge in [0.15, 0.2) is 5.82 Å². The molecule has 0 saturated heterocycles. The average molecular weight is 372 g/mol. The van der Waals surface area contributed by atoms with Gasteiger partial charge < -0.3 is 9.73 Å². The molecule has 4 aromatic heterocycles. The highest BCUT2D eigenvalue weighted by molar-refractivity contribution is 5.99. The molecule has 0 aliphatic carbocycles. The molecule has 5 aromatic rings. The maximum Gasteiger partial charge on any atom is 0.247 e. The van der Waals surface area contributed by atoms with Gasteiger partial charge in [0.1, 0.15) is 12.1 Å². The van der Waals surface area contributed by atoms with E-state index in [1.165, 1.54) is 0 Å². The van der Waals surface area contributed by atoms with Crippen LogP contribution in [-0.4, -0.2) is 30.5 Å². The van der Waals surface area contributed by atoms with Gasteiger partial charge in [-0.2, -0.15) is 10.2 Å². The number of aryl methyl sites for hydroxylation is 1. The maximum atomic E-state index is 12.5. The van der Waals surface area contributed by atoms with Crippen molar-refractivity contribution in [1.29, 1.82) is 0 Å². The number of carbonyl (C=O) groups is 1. The lowest BCUT2D eigenvalue weighted by molar-refractivity contribution is -0.116. The number of fused-ring (bicyclic) bond motifs is 2. The summed E-state index contributed by atoms with van der Waals surface area (Å²) in [4.78, 5) is 16.9. The van der Waals surface area contributed by atoms with Gasteiger partial charge in [-0.15, -0.1) is 0 Å². The summed E-state index contributed by atoms with van der Waals surface area (Å²) in [5.74, 6) is 0.341. The number of aromatic nitrogens is 5. The van der Waals surface area contributed by atoms with Crippen molar-refractivity contribution in [3.63, 3.8) is 0 Å². The number of pyridine rings is 1. The molecule has 0 radical (unpaired) electrons. The number of para-hydroxylation sites is 1. The lowest BCUT2D eigenvalue weighted by Crippen LogP contribution is -2.19. The number of rotatable bonds is 4. The molecule has 0 aliphatic rings. The Labute approximate surface area is 159 Å². The molecule has 4 heterocycles. The Kier molecular flexibility index (Phi) is 3.68. The minimum atomic E-state index is -0.201. The average Bonchev–Trinajstić information content (AvgIpc) is 3.42. The van der Waals surface area contributed by atoms with Crippen molar-refractivity contribution in [2.45, 2.75) is 6.54 Å². The monoisotopic (exact) mass is 372 g/mol. The second-order valence-electron chi connectivity index (χ2n) is 6.46. The molecule has 1 amide bonds. The van der Waals surface area contributed by atoms with Gasteiger partial charge in [-0.1, -0.05) is 12.1 Å². The van der Waals surface area contributed by atoms with Crippen LogP contribution in [-0.2, 0) is 18.4 Å². The fourth-order valence-corrected chi connectivity index (χ4v) is 3.32. The number of hydrogen-bond donors (Lipinski definition) is 1. The van der Waals surface area contributed by atoms with Crippen LogP contribution in [0.15, 0.2) is 65.7 Å². The summed E-state index contributed by atoms with van der Waals surface area (Å²) in [7, 11) is 1.85. The van der Waals surface area contributed by atoms with Crippen LogP contribution in [0.25, 0.3) is 33.1 Å². The van der Waals surface area contributed by atoms with Crippen LogP contribution in [0.4, 0.5) is 5.82 Å². The van der Waals surface area contributed by atoms with E-state index in [2.05, 4.69) is 20.5 Å². The van der Waals surface area contributed by atoms with E-state index in [4.69, 9.17) is 4.42 Å². The van der Waals surface area contributed by atoms with Gasteiger partial charge in [0.25, 0.3) is 0 Å². The molecule has 1 N–H and O–H groups in total. The van der Waals surface area contributed by atoms with Gasteiger partial charge >= 0.3 is 0 Å². The van der Waals surface area contributed by atoms with E-state index >= 15 is 0 Å². The van der Waals surface area contributed by atoms with E-state index in [1.54, 1.807) is 34.2 Å². The fraction of sp³-hybridized carbons (Fsp3) is 0.100. The van der Waals surface area contributed by atoms with Crippen LogP contribution in [0.5, 0.6) is 0 Å². The van der Waals surface area contributed by atoms with E-state index < -0.39 is 0 Å². The van der Waals surface area contributed by atoms with E-state index in [1.807, 2.05) is 43.4 Å². The zero-order valence-electron chi connectivity index (χ0n) is 15.0. The quantitative estimate of drug-likeness (QED) is 0.523. The summed E-state index contributed by atoms with van der Waals surface area (Å²) < 4.78 is 8.74. The van der Waals surface area contributed by atoms with Gasteiger partial charge in [0.2, 0.25) is 5.91 Å². The van der Waals surface area contributed by atoms with E-state index in [9.17, 15) is 4.79 Å². The molecule has 0 fully saturated rings. The minimum absolute atomic E-state index is 0.0757. The van der Waals surface area contributed by atoms with Gasteiger partial charge in [0.05, 0.1) is 23.7 Å². The van der Waals surface area contributed by atoms with Crippen LogP contribution < -0.4 is 5.32 Å². The van der Waals surface area contributed by atoms with Crippen LogP contribution in [0.2, 0.25) is 0 Å². The number of benzene rings is 1. The van der Waals surface area contributed by atoms with E-state index in [-0.39, 0.29) is 12.5 Å². The highest BCUT2D eigenvalue weighted by atomic mass is 16.3. The molecule has 138 valence electrons. The lowest BCUT2D eigenvalue weighted by atomic mass is 10.1. The minimum Gasteiger partial charge on any atom is -0.464 e. The third kappa shape index (κ3) is 2.71. The highest BCUT2D eigenvalue weighted by Crippen LogP contribution is 2.26. The van der Waals surface area contributed by atoms with Crippen molar-refractivity contribution in [3.05, 3.63) is 61.3 Å². The Hall–Kier alpha value is -3.94. The summed E-state index contributed by atoms with van der Waals surface area (Å²) in [5.41, 5.74) is 3.31. The van der Waals surface area contributed by atoms with Crippen LogP contribution in [0.1, 0.15) is 0 Å². The Balaban J connectivity index is 1.37. The normalized spacial score (nSPS) is 11.3. The smallest absolute Gasteiger partial charge is 0.247 e. The maximum absolute atomic E-state index is 12.5. The van der Waals surface area contributed by atoms with Crippen molar-refractivity contribution >= 4 is 33.6 Å². The first-order valence-corrected chi connectivity index (χ1v) is 8.76. The number of amides is 1. The number of hydrogen-bond acceptors (Lipinski definition) is 5. The molecule has 8 heteroatoms. The zero-order valence-corrected chi connectivity index (χ0v) is 15.0. The Morgan fingerprint density at radius 1 is 1.18 bits per heavy atom. The van der Waals surface area contributed by atoms with Gasteiger partial charge in [-0.25, -0.2) is 0 Å². The van der Waals surface area contributed by atoms with Crippen LogP contribution in [0, 0.1) is 0 Å². The molecule has 1 aromatic carbocycles. The van der Waals surface area contributed by atoms with Crippen LogP contribution >= 0.6 is 0 Å². The SMILES string of the molecule is Cn1nc(NC(=O)Cn2cc(-c3nccc4occc34)cn2)c2ccccc21. The third-order valence-electron chi connectivity index (χ3n) is 4.61. The molecular weight excluding hydrogens is 356 g/mol. The number of nitrogens with zero attached hydrogens (tertiary/aromatic N) is 5. The molecule has 0 bridgehead atoms. The Morgan fingerprint density at radius 3 is 3.00 bits per heavy atom. The third-order valence-corrected chi connectivity index (χ3v) is 4.61. The van der Waals surface area contributed by atoms with Crippen molar-refractivity contribution < 1.29 is 9.21 Å². The second kappa shape index (κ2) is 6.34. The van der Waals surface area contributed by atoms with Crippen molar-refractivity contribution in [1.82, 2.24) is 24.5 Å². The standard InChI is InChI=1S/C20H16N6O2/c1-25-16-5-3-2-4-14(16)20(24-25)23-18(27)12-26-11-13(10-22-26)19-15-7-9-28-17(15)6-8-21-19/h2-11H,12H2,1H3,(H,23,24,27). The lowest BCUT2D eigenvalue weighted by Gasteiger charge is -2.03. The first-order chi connectivity index (χ1) is 13.7. The molecule has 5 rings (SSSR count). The number of furan rings is 1. The summed E-state index contributed by atoms with van der Waals surface area (Å²) in [6.45, 7) is 0.0757. The molecule has 0 atom stereocenters. The topological polar surface area (TPSA) is 90.8 Å². The predicted molar refractivity (Wildman–Crippen MR) is 105 cm³/mol. The van der Waals surface area contributed by atoms with Crippen molar-refractivity contribution in [2.75, 3.05) is 5.32 Å². The fourth-order valence-electron chi connectivity index (χ4n) is 3.32. The summed E-state index contributed by atoms with van der Waals surface area (Å²) >= 11 is 0. The van der Waals surface area contributed by atoms with Gasteiger partial charge in [-0.05, 0) is 24.3 Å². The molecule has 0 aliphatic heterocycles. The Morgan fingerprint density at radius 2 is 2.07 bits per heavy atom. The molecule has 0 spiro atoms. The number of nitrogens with one attached hydrogen (secondary N) is 1. The van der Waals surface area contributed by atoms with Gasteiger partial charge in [0, 0.05) is 35.8 Å². The van der Waals surface area contributed by atoms with Crippen molar-refractivity contribution in [2.24, 2.45) is 7.05 Å². The summed E-state index contributed by atoms with van der Waals surface area (Å²) in [6.07, 6.45) is 6.81. The molecule has 0 saturated carbocycles. The van der Waals surface area contributed by atoms with Gasteiger partial charge in [-0.3, -0.25) is 19.1 Å². The van der Waals surface area contributed by atoms with E-state index in [0.717, 1.165) is 33.1 Å². The number of carbonyl (C=O) groups excluding carboxylic acids is 1. The van der Waals surface area contributed by atoms with Crippen molar-refractivity contribution in [3.8, 4) is 11.3 Å². The highest BCUT2D eigenvalue weighted by Gasteiger charge is 2.14. The largest absolute Gasteiger partial charge is 0.464 e. The second-order valence-corrected chi connectivity index (χ2v) is 6.46. The van der Waals surface area contributed by atoms with E-state index in [0.29, 0.717) is 5.82 Å². The molecular formula is C20H16N6O2. The predicted octanol–water partition coefficient (Wildman–Crippen LogP) is 3.22. The first kappa shape index (κ1) is 16.2. The molecule has 28 heavy (non-hydrogen) atoms. The number of anilines is 1. The summed E-state index contributed by atoms with van der Waals surface area (Å²) in [5, 5.41) is 13.4.